The summed E-state index contributed by atoms with van der Waals surface area (Å²) in [5.41, 5.74) is 0.258. The molecule has 2 heterocycles. The lowest BCUT2D eigenvalue weighted by Gasteiger charge is -2.55. The van der Waals surface area contributed by atoms with Crippen LogP contribution in [0.1, 0.15) is 43.5 Å². The van der Waals surface area contributed by atoms with Crippen LogP contribution in [0.25, 0.3) is 0 Å². The SMILES string of the molecule is O=C(Nc1nnc(C23CC4CC(CC(C4)C2)C3)s1)N1CCOCC1. The van der Waals surface area contributed by atoms with Crippen molar-refractivity contribution in [2.75, 3.05) is 31.6 Å². The zero-order valence-electron chi connectivity index (χ0n) is 13.9. The van der Waals surface area contributed by atoms with E-state index in [2.05, 4.69) is 15.5 Å². The number of carbonyl (C=O) groups excluding carboxylic acids is 1. The Balaban J connectivity index is 1.31. The van der Waals surface area contributed by atoms with E-state index in [-0.39, 0.29) is 11.4 Å². The highest BCUT2D eigenvalue weighted by molar-refractivity contribution is 7.15. The van der Waals surface area contributed by atoms with Crippen molar-refractivity contribution in [3.63, 3.8) is 0 Å². The molecule has 0 spiro atoms. The van der Waals surface area contributed by atoms with Crippen molar-refractivity contribution in [1.82, 2.24) is 15.1 Å². The number of rotatable bonds is 2. The minimum atomic E-state index is -0.0773. The molecule has 0 radical (unpaired) electrons. The largest absolute Gasteiger partial charge is 0.378 e. The number of nitrogens with one attached hydrogen (secondary N) is 1. The second kappa shape index (κ2) is 5.66. The number of aromatic nitrogens is 2. The minimum Gasteiger partial charge on any atom is -0.378 e. The number of morpholine rings is 1. The van der Waals surface area contributed by atoms with Gasteiger partial charge >= 0.3 is 6.03 Å². The van der Waals surface area contributed by atoms with Gasteiger partial charge in [-0.05, 0) is 56.3 Å². The van der Waals surface area contributed by atoms with Crippen LogP contribution in [0.3, 0.4) is 0 Å². The maximum absolute atomic E-state index is 12.3. The molecule has 5 aliphatic rings. The number of urea groups is 1. The number of hydrogen-bond donors (Lipinski definition) is 1. The van der Waals surface area contributed by atoms with Gasteiger partial charge in [0.1, 0.15) is 5.01 Å². The first-order valence-corrected chi connectivity index (χ1v) is 9.99. The second-order valence-electron chi connectivity index (χ2n) is 8.14. The normalized spacial score (nSPS) is 37.7. The van der Waals surface area contributed by atoms with Crippen LogP contribution in [0.5, 0.6) is 0 Å². The fourth-order valence-corrected chi connectivity index (χ4v) is 6.75. The Morgan fingerprint density at radius 3 is 2.33 bits per heavy atom. The molecular weight excluding hydrogens is 324 g/mol. The van der Waals surface area contributed by atoms with E-state index in [1.54, 1.807) is 16.2 Å². The summed E-state index contributed by atoms with van der Waals surface area (Å²) in [7, 11) is 0. The Kier molecular flexibility index (Phi) is 3.56. The summed E-state index contributed by atoms with van der Waals surface area (Å²) in [4.78, 5) is 14.1. The fraction of sp³-hybridized carbons (Fsp3) is 0.824. The molecule has 24 heavy (non-hydrogen) atoms. The molecule has 7 heteroatoms. The van der Waals surface area contributed by atoms with E-state index in [4.69, 9.17) is 4.74 Å². The quantitative estimate of drug-likeness (QED) is 0.892. The van der Waals surface area contributed by atoms with Gasteiger partial charge in [0.05, 0.1) is 13.2 Å². The monoisotopic (exact) mass is 348 g/mol. The van der Waals surface area contributed by atoms with E-state index in [1.165, 1.54) is 43.5 Å². The first-order chi connectivity index (χ1) is 11.7. The summed E-state index contributed by atoms with van der Waals surface area (Å²) in [6.07, 6.45) is 8.14. The summed E-state index contributed by atoms with van der Waals surface area (Å²) >= 11 is 1.60. The van der Waals surface area contributed by atoms with Gasteiger partial charge in [-0.1, -0.05) is 11.3 Å². The predicted molar refractivity (Wildman–Crippen MR) is 91.2 cm³/mol. The van der Waals surface area contributed by atoms with Gasteiger partial charge in [-0.25, -0.2) is 4.79 Å². The first-order valence-electron chi connectivity index (χ1n) is 9.18. The number of amides is 2. The van der Waals surface area contributed by atoms with Crippen molar-refractivity contribution in [3.8, 4) is 0 Å². The average Bonchev–Trinajstić information content (AvgIpc) is 3.04. The highest BCUT2D eigenvalue weighted by atomic mass is 32.1. The van der Waals surface area contributed by atoms with Gasteiger partial charge in [0.15, 0.2) is 0 Å². The van der Waals surface area contributed by atoms with E-state index in [0.29, 0.717) is 31.4 Å². The third-order valence-electron chi connectivity index (χ3n) is 6.43. The molecule has 1 aromatic rings. The van der Waals surface area contributed by atoms with Crippen LogP contribution in [0.4, 0.5) is 9.93 Å². The molecule has 0 atom stereocenters. The third kappa shape index (κ3) is 2.52. The van der Waals surface area contributed by atoms with Gasteiger partial charge in [0.2, 0.25) is 5.13 Å². The number of carbonyl (C=O) groups is 1. The molecule has 6 rings (SSSR count). The molecule has 1 aromatic heterocycles. The van der Waals surface area contributed by atoms with E-state index in [1.807, 2.05) is 0 Å². The van der Waals surface area contributed by atoms with Gasteiger partial charge in [0, 0.05) is 18.5 Å². The van der Waals surface area contributed by atoms with Gasteiger partial charge in [-0.3, -0.25) is 5.32 Å². The van der Waals surface area contributed by atoms with Crippen LogP contribution in [-0.4, -0.2) is 47.4 Å². The number of anilines is 1. The molecule has 5 fully saturated rings. The number of ether oxygens (including phenoxy) is 1. The number of nitrogens with zero attached hydrogens (tertiary/aromatic N) is 3. The van der Waals surface area contributed by atoms with Crippen molar-refractivity contribution < 1.29 is 9.53 Å². The molecule has 6 nitrogen and oxygen atoms in total. The van der Waals surface area contributed by atoms with Gasteiger partial charge in [-0.15, -0.1) is 10.2 Å². The van der Waals surface area contributed by atoms with Crippen LogP contribution in [-0.2, 0) is 10.2 Å². The lowest BCUT2D eigenvalue weighted by atomic mass is 9.50. The molecular formula is C17H24N4O2S. The highest BCUT2D eigenvalue weighted by Crippen LogP contribution is 2.61. The van der Waals surface area contributed by atoms with Crippen molar-refractivity contribution in [3.05, 3.63) is 5.01 Å². The van der Waals surface area contributed by atoms with E-state index >= 15 is 0 Å². The first kappa shape index (κ1) is 15.1. The Hall–Kier alpha value is -1.21. The van der Waals surface area contributed by atoms with E-state index in [9.17, 15) is 4.79 Å². The van der Waals surface area contributed by atoms with E-state index < -0.39 is 0 Å². The molecule has 130 valence electrons. The molecule has 4 bridgehead atoms. The Morgan fingerprint density at radius 2 is 1.71 bits per heavy atom. The topological polar surface area (TPSA) is 67.4 Å². The Bertz CT molecular complexity index is 605. The molecule has 4 saturated carbocycles. The highest BCUT2D eigenvalue weighted by Gasteiger charge is 2.53. The van der Waals surface area contributed by atoms with Gasteiger partial charge in [0.25, 0.3) is 0 Å². The molecule has 0 aromatic carbocycles. The average molecular weight is 348 g/mol. The molecule has 1 N–H and O–H groups in total. The molecule has 1 saturated heterocycles. The standard InChI is InChI=1S/C17H24N4O2S/c22-16(21-1-3-23-4-2-21)18-15-20-19-14(24-15)17-8-11-5-12(9-17)7-13(6-11)10-17/h11-13H,1-10H2,(H,18,20,22). The fourth-order valence-electron chi connectivity index (χ4n) is 5.80. The maximum atomic E-state index is 12.3. The van der Waals surface area contributed by atoms with Crippen molar-refractivity contribution in [1.29, 1.82) is 0 Å². The van der Waals surface area contributed by atoms with Crippen LogP contribution in [0.15, 0.2) is 0 Å². The third-order valence-corrected chi connectivity index (χ3v) is 7.51. The van der Waals surface area contributed by atoms with Crippen LogP contribution in [0.2, 0.25) is 0 Å². The predicted octanol–water partition coefficient (Wildman–Crippen LogP) is 2.87. The van der Waals surface area contributed by atoms with Gasteiger partial charge in [-0.2, -0.15) is 0 Å². The molecule has 0 unspecified atom stereocenters. The lowest BCUT2D eigenvalue weighted by molar-refractivity contribution is -0.00555. The number of hydrogen-bond acceptors (Lipinski definition) is 5. The molecule has 2 amide bonds. The summed E-state index contributed by atoms with van der Waals surface area (Å²) in [6, 6.07) is -0.0773. The van der Waals surface area contributed by atoms with Crippen LogP contribution < -0.4 is 5.32 Å². The molecule has 1 aliphatic heterocycles. The van der Waals surface area contributed by atoms with Crippen molar-refractivity contribution in [2.45, 2.75) is 43.9 Å². The zero-order chi connectivity index (χ0) is 16.1. The van der Waals surface area contributed by atoms with Crippen LogP contribution in [0, 0.1) is 17.8 Å². The van der Waals surface area contributed by atoms with E-state index in [0.717, 1.165) is 17.8 Å². The van der Waals surface area contributed by atoms with Crippen LogP contribution >= 0.6 is 11.3 Å². The second-order valence-corrected chi connectivity index (χ2v) is 9.12. The summed E-state index contributed by atoms with van der Waals surface area (Å²) < 4.78 is 5.29. The lowest BCUT2D eigenvalue weighted by Crippen LogP contribution is -2.48. The molecule has 4 aliphatic carbocycles. The Morgan fingerprint density at radius 1 is 1.08 bits per heavy atom. The minimum absolute atomic E-state index is 0.0773. The van der Waals surface area contributed by atoms with Crippen molar-refractivity contribution in [2.24, 2.45) is 17.8 Å². The smallest absolute Gasteiger partial charge is 0.323 e. The van der Waals surface area contributed by atoms with Crippen molar-refractivity contribution >= 4 is 22.5 Å². The Labute approximate surface area is 146 Å². The summed E-state index contributed by atoms with van der Waals surface area (Å²) in [6.45, 7) is 2.52. The van der Waals surface area contributed by atoms with Gasteiger partial charge < -0.3 is 9.64 Å². The summed E-state index contributed by atoms with van der Waals surface area (Å²) in [5, 5.41) is 13.6. The summed E-state index contributed by atoms with van der Waals surface area (Å²) in [5.74, 6) is 2.68. The zero-order valence-corrected chi connectivity index (χ0v) is 14.7. The maximum Gasteiger partial charge on any atom is 0.323 e.